The maximum absolute atomic E-state index is 9.12. The molecule has 0 saturated carbocycles. The van der Waals surface area contributed by atoms with E-state index in [4.69, 9.17) is 16.9 Å². The molecule has 0 saturated heterocycles. The molecule has 1 aromatic heterocycles. The lowest BCUT2D eigenvalue weighted by molar-refractivity contribution is 1.13. The first-order chi connectivity index (χ1) is 8.63. The van der Waals surface area contributed by atoms with Crippen molar-refractivity contribution in [1.82, 2.24) is 4.98 Å². The fraction of sp³-hybridized carbons (Fsp3) is 0.143. The molecule has 2 rings (SSSR count). The number of pyridine rings is 1. The second kappa shape index (κ2) is 5.07. The summed E-state index contributed by atoms with van der Waals surface area (Å²) in [7, 11) is 3.97. The summed E-state index contributed by atoms with van der Waals surface area (Å²) in [6.07, 6.45) is 1.61. The first-order valence-corrected chi connectivity index (χ1v) is 5.83. The second-order valence-corrected chi connectivity index (χ2v) is 4.44. The van der Waals surface area contributed by atoms with Crippen molar-refractivity contribution < 1.29 is 0 Å². The van der Waals surface area contributed by atoms with Gasteiger partial charge in [-0.1, -0.05) is 23.7 Å². The lowest BCUT2D eigenvalue weighted by Gasteiger charge is -2.13. The highest BCUT2D eigenvalue weighted by atomic mass is 35.5. The van der Waals surface area contributed by atoms with Gasteiger partial charge < -0.3 is 4.90 Å². The van der Waals surface area contributed by atoms with Gasteiger partial charge in [-0.05, 0) is 23.8 Å². The van der Waals surface area contributed by atoms with E-state index in [0.717, 1.165) is 16.8 Å². The van der Waals surface area contributed by atoms with Gasteiger partial charge in [0.25, 0.3) is 0 Å². The Labute approximate surface area is 111 Å². The largest absolute Gasteiger partial charge is 0.378 e. The summed E-state index contributed by atoms with van der Waals surface area (Å²) in [4.78, 5) is 5.94. The van der Waals surface area contributed by atoms with Crippen molar-refractivity contribution in [2.24, 2.45) is 0 Å². The molecule has 0 spiro atoms. The van der Waals surface area contributed by atoms with Gasteiger partial charge in [0.05, 0.1) is 5.56 Å². The van der Waals surface area contributed by atoms with Gasteiger partial charge in [0.1, 0.15) is 11.2 Å². The van der Waals surface area contributed by atoms with E-state index in [1.165, 1.54) is 0 Å². The molecule has 18 heavy (non-hydrogen) atoms. The van der Waals surface area contributed by atoms with E-state index in [-0.39, 0.29) is 5.15 Å². The predicted octanol–water partition coefficient (Wildman–Crippen LogP) is 3.34. The van der Waals surface area contributed by atoms with Gasteiger partial charge in [0.2, 0.25) is 0 Å². The van der Waals surface area contributed by atoms with Gasteiger partial charge in [-0.3, -0.25) is 0 Å². The van der Waals surface area contributed by atoms with Crippen LogP contribution in [0.1, 0.15) is 5.56 Å². The highest BCUT2D eigenvalue weighted by molar-refractivity contribution is 6.31. The van der Waals surface area contributed by atoms with Crippen molar-refractivity contribution in [3.63, 3.8) is 0 Å². The summed E-state index contributed by atoms with van der Waals surface area (Å²) in [6.45, 7) is 0. The van der Waals surface area contributed by atoms with Crippen molar-refractivity contribution in [3.05, 3.63) is 47.2 Å². The number of aromatic nitrogens is 1. The quantitative estimate of drug-likeness (QED) is 0.775. The average molecular weight is 258 g/mol. The number of nitriles is 1. The Morgan fingerprint density at radius 2 is 1.83 bits per heavy atom. The summed E-state index contributed by atoms with van der Waals surface area (Å²) in [5.41, 5.74) is 3.29. The molecule has 0 atom stereocenters. The minimum absolute atomic E-state index is 0.242. The van der Waals surface area contributed by atoms with Crippen LogP contribution in [0.2, 0.25) is 5.15 Å². The Balaban J connectivity index is 2.50. The summed E-state index contributed by atoms with van der Waals surface area (Å²) in [6, 6.07) is 11.9. The van der Waals surface area contributed by atoms with Gasteiger partial charge >= 0.3 is 0 Å². The third-order valence-electron chi connectivity index (χ3n) is 2.71. The molecule has 3 nitrogen and oxygen atoms in total. The molecule has 4 heteroatoms. The van der Waals surface area contributed by atoms with Gasteiger partial charge in [0.15, 0.2) is 0 Å². The summed E-state index contributed by atoms with van der Waals surface area (Å²) >= 11 is 5.92. The molecule has 0 amide bonds. The number of rotatable bonds is 2. The molecule has 0 aliphatic rings. The fourth-order valence-corrected chi connectivity index (χ4v) is 1.92. The van der Waals surface area contributed by atoms with Gasteiger partial charge in [-0.2, -0.15) is 5.26 Å². The average Bonchev–Trinajstić information content (AvgIpc) is 2.38. The van der Waals surface area contributed by atoms with Crippen molar-refractivity contribution in [3.8, 4) is 17.2 Å². The molecular weight excluding hydrogens is 246 g/mol. The standard InChI is InChI=1S/C14H12ClN3/c1-18(2)11-5-3-10(4-6-11)12-7-8-17-14(15)13(12)9-16/h3-8H,1-2H3. The Kier molecular flexibility index (Phi) is 3.50. The zero-order valence-corrected chi connectivity index (χ0v) is 10.9. The maximum Gasteiger partial charge on any atom is 0.147 e. The third-order valence-corrected chi connectivity index (χ3v) is 3.00. The van der Waals surface area contributed by atoms with Crippen molar-refractivity contribution in [2.45, 2.75) is 0 Å². The Morgan fingerprint density at radius 3 is 2.39 bits per heavy atom. The highest BCUT2D eigenvalue weighted by Gasteiger charge is 2.09. The van der Waals surface area contributed by atoms with Crippen molar-refractivity contribution >= 4 is 17.3 Å². The predicted molar refractivity (Wildman–Crippen MR) is 73.7 cm³/mol. The number of nitrogens with zero attached hydrogens (tertiary/aromatic N) is 3. The van der Waals surface area contributed by atoms with Crippen LogP contribution in [-0.4, -0.2) is 19.1 Å². The van der Waals surface area contributed by atoms with Crippen LogP contribution < -0.4 is 4.90 Å². The monoisotopic (exact) mass is 257 g/mol. The van der Waals surface area contributed by atoms with Crippen LogP contribution in [-0.2, 0) is 0 Å². The van der Waals surface area contributed by atoms with E-state index in [2.05, 4.69) is 11.1 Å². The van der Waals surface area contributed by atoms with Crippen molar-refractivity contribution in [2.75, 3.05) is 19.0 Å². The van der Waals surface area contributed by atoms with Crippen LogP contribution in [0, 0.1) is 11.3 Å². The highest BCUT2D eigenvalue weighted by Crippen LogP contribution is 2.28. The zero-order chi connectivity index (χ0) is 13.1. The van der Waals surface area contributed by atoms with Gasteiger partial charge in [-0.25, -0.2) is 4.98 Å². The zero-order valence-electron chi connectivity index (χ0n) is 10.2. The molecule has 0 unspecified atom stereocenters. The molecular formula is C14H12ClN3. The molecule has 0 aliphatic carbocycles. The Morgan fingerprint density at radius 1 is 1.17 bits per heavy atom. The number of hydrogen-bond donors (Lipinski definition) is 0. The van der Waals surface area contributed by atoms with E-state index in [0.29, 0.717) is 5.56 Å². The first kappa shape index (κ1) is 12.4. The number of anilines is 1. The normalized spacial score (nSPS) is 9.89. The topological polar surface area (TPSA) is 39.9 Å². The van der Waals surface area contributed by atoms with Crippen LogP contribution in [0.25, 0.3) is 11.1 Å². The molecule has 2 aromatic rings. The van der Waals surface area contributed by atoms with E-state index >= 15 is 0 Å². The molecule has 1 heterocycles. The SMILES string of the molecule is CN(C)c1ccc(-c2ccnc(Cl)c2C#N)cc1. The molecule has 90 valence electrons. The lowest BCUT2D eigenvalue weighted by Crippen LogP contribution is -2.07. The fourth-order valence-electron chi connectivity index (χ4n) is 1.72. The lowest BCUT2D eigenvalue weighted by atomic mass is 10.0. The Hall–Kier alpha value is -2.05. The van der Waals surface area contributed by atoms with Crippen molar-refractivity contribution in [1.29, 1.82) is 5.26 Å². The molecule has 0 N–H and O–H groups in total. The minimum Gasteiger partial charge on any atom is -0.378 e. The molecule has 0 fully saturated rings. The Bertz CT molecular complexity index is 597. The number of benzene rings is 1. The van der Waals surface area contributed by atoms with Gasteiger partial charge in [0, 0.05) is 31.5 Å². The van der Waals surface area contributed by atoms with E-state index in [1.807, 2.05) is 43.3 Å². The van der Waals surface area contributed by atoms with Gasteiger partial charge in [-0.15, -0.1) is 0 Å². The van der Waals surface area contributed by atoms with Crippen LogP contribution in [0.15, 0.2) is 36.5 Å². The molecule has 0 aliphatic heterocycles. The molecule has 0 radical (unpaired) electrons. The second-order valence-electron chi connectivity index (χ2n) is 4.08. The molecule has 1 aromatic carbocycles. The van der Waals surface area contributed by atoms with Crippen LogP contribution in [0.5, 0.6) is 0 Å². The van der Waals surface area contributed by atoms with E-state index in [1.54, 1.807) is 12.3 Å². The third kappa shape index (κ3) is 2.29. The van der Waals surface area contributed by atoms with Crippen LogP contribution in [0.4, 0.5) is 5.69 Å². The molecule has 0 bridgehead atoms. The van der Waals surface area contributed by atoms with E-state index in [9.17, 15) is 0 Å². The van der Waals surface area contributed by atoms with Crippen LogP contribution >= 0.6 is 11.6 Å². The number of halogens is 1. The van der Waals surface area contributed by atoms with E-state index < -0.39 is 0 Å². The number of hydrogen-bond acceptors (Lipinski definition) is 3. The summed E-state index contributed by atoms with van der Waals surface area (Å²) in [5, 5.41) is 9.36. The maximum atomic E-state index is 9.12. The first-order valence-electron chi connectivity index (χ1n) is 5.46. The minimum atomic E-state index is 0.242. The summed E-state index contributed by atoms with van der Waals surface area (Å²) in [5.74, 6) is 0. The van der Waals surface area contributed by atoms with Crippen LogP contribution in [0.3, 0.4) is 0 Å². The smallest absolute Gasteiger partial charge is 0.147 e. The summed E-state index contributed by atoms with van der Waals surface area (Å²) < 4.78 is 0.